The number of benzene rings is 1. The Kier molecular flexibility index (Phi) is 4.43. The maximum absolute atomic E-state index is 6.29. The third kappa shape index (κ3) is 2.82. The molecule has 1 fully saturated rings. The van der Waals surface area contributed by atoms with E-state index in [-0.39, 0.29) is 0 Å². The highest BCUT2D eigenvalue weighted by Crippen LogP contribution is 2.29. The van der Waals surface area contributed by atoms with Gasteiger partial charge in [0, 0.05) is 30.2 Å². The summed E-state index contributed by atoms with van der Waals surface area (Å²) in [5, 5.41) is 4.23. The second-order valence-electron chi connectivity index (χ2n) is 4.75. The van der Waals surface area contributed by atoms with Crippen LogP contribution in [0.3, 0.4) is 0 Å². The van der Waals surface area contributed by atoms with Crippen LogP contribution >= 0.6 is 11.6 Å². The van der Waals surface area contributed by atoms with E-state index in [0.717, 1.165) is 24.7 Å². The molecule has 0 aromatic heterocycles. The van der Waals surface area contributed by atoms with Gasteiger partial charge in [-0.15, -0.1) is 0 Å². The van der Waals surface area contributed by atoms with Crippen molar-refractivity contribution in [2.45, 2.75) is 32.4 Å². The zero-order valence-corrected chi connectivity index (χ0v) is 11.4. The molecule has 1 aromatic rings. The van der Waals surface area contributed by atoms with Crippen LogP contribution < -0.4 is 5.32 Å². The van der Waals surface area contributed by atoms with Crippen molar-refractivity contribution >= 4 is 11.6 Å². The largest absolute Gasteiger partial charge is 0.314 e. The standard InChI is InChI=1S/C14H21ClN2/c1-3-8-17(12-9-16-10-12)11(2)13-6-4-5-7-14(13)15/h4-7,11-12,16H,3,8-10H2,1-2H3. The number of hydrogen-bond acceptors (Lipinski definition) is 2. The maximum Gasteiger partial charge on any atom is 0.0453 e. The molecule has 0 aliphatic carbocycles. The van der Waals surface area contributed by atoms with E-state index in [1.54, 1.807) is 0 Å². The Hall–Kier alpha value is -0.570. The van der Waals surface area contributed by atoms with Crippen molar-refractivity contribution in [3.05, 3.63) is 34.9 Å². The number of hydrogen-bond donors (Lipinski definition) is 1. The first-order valence-corrected chi connectivity index (χ1v) is 6.82. The molecule has 1 aliphatic heterocycles. The molecular formula is C14H21ClN2. The fraction of sp³-hybridized carbons (Fsp3) is 0.571. The van der Waals surface area contributed by atoms with Crippen LogP contribution in [0, 0.1) is 0 Å². The van der Waals surface area contributed by atoms with E-state index < -0.39 is 0 Å². The lowest BCUT2D eigenvalue weighted by molar-refractivity contribution is 0.103. The van der Waals surface area contributed by atoms with Gasteiger partial charge < -0.3 is 5.32 Å². The first kappa shape index (κ1) is 12.9. The molecule has 1 atom stereocenters. The minimum absolute atomic E-state index is 0.399. The molecule has 0 bridgehead atoms. The molecule has 1 aliphatic rings. The lowest BCUT2D eigenvalue weighted by Crippen LogP contribution is -2.57. The summed E-state index contributed by atoms with van der Waals surface area (Å²) in [4.78, 5) is 2.57. The molecule has 0 radical (unpaired) electrons. The van der Waals surface area contributed by atoms with Gasteiger partial charge in [0.25, 0.3) is 0 Å². The molecule has 1 saturated heterocycles. The highest BCUT2D eigenvalue weighted by atomic mass is 35.5. The molecule has 2 nitrogen and oxygen atoms in total. The van der Waals surface area contributed by atoms with Gasteiger partial charge in [-0.2, -0.15) is 0 Å². The van der Waals surface area contributed by atoms with E-state index in [1.807, 2.05) is 12.1 Å². The molecular weight excluding hydrogens is 232 g/mol. The predicted octanol–water partition coefficient (Wildman–Crippen LogP) is 3.08. The third-order valence-electron chi connectivity index (χ3n) is 3.56. The summed E-state index contributed by atoms with van der Waals surface area (Å²) >= 11 is 6.29. The third-order valence-corrected chi connectivity index (χ3v) is 3.91. The summed E-state index contributed by atoms with van der Waals surface area (Å²) in [6.07, 6.45) is 1.19. The molecule has 0 saturated carbocycles. The summed E-state index contributed by atoms with van der Waals surface area (Å²) in [5.41, 5.74) is 1.24. The Morgan fingerprint density at radius 2 is 2.12 bits per heavy atom. The molecule has 1 aromatic carbocycles. The van der Waals surface area contributed by atoms with Crippen LogP contribution in [0.1, 0.15) is 31.9 Å². The van der Waals surface area contributed by atoms with Crippen molar-refractivity contribution in [2.24, 2.45) is 0 Å². The van der Waals surface area contributed by atoms with Gasteiger partial charge >= 0.3 is 0 Å². The molecule has 17 heavy (non-hydrogen) atoms. The van der Waals surface area contributed by atoms with Crippen LogP contribution in [0.5, 0.6) is 0 Å². The zero-order valence-electron chi connectivity index (χ0n) is 10.6. The second kappa shape index (κ2) is 5.85. The van der Waals surface area contributed by atoms with Crippen molar-refractivity contribution in [1.82, 2.24) is 10.2 Å². The Bertz CT molecular complexity index is 363. The molecule has 94 valence electrons. The SMILES string of the molecule is CCCN(C1CNC1)C(C)c1ccccc1Cl. The fourth-order valence-corrected chi connectivity index (χ4v) is 2.74. The average Bonchev–Trinajstić information content (AvgIpc) is 2.26. The molecule has 2 rings (SSSR count). The summed E-state index contributed by atoms with van der Waals surface area (Å²) in [7, 11) is 0. The quantitative estimate of drug-likeness (QED) is 0.867. The lowest BCUT2D eigenvalue weighted by atomic mass is 10.0. The first-order valence-electron chi connectivity index (χ1n) is 6.45. The molecule has 0 amide bonds. The number of nitrogens with one attached hydrogen (secondary N) is 1. The van der Waals surface area contributed by atoms with Crippen LogP contribution in [0.25, 0.3) is 0 Å². The maximum atomic E-state index is 6.29. The highest BCUT2D eigenvalue weighted by molar-refractivity contribution is 6.31. The second-order valence-corrected chi connectivity index (χ2v) is 5.15. The summed E-state index contributed by atoms with van der Waals surface area (Å²) in [6.45, 7) is 7.84. The van der Waals surface area contributed by atoms with E-state index in [1.165, 1.54) is 12.0 Å². The van der Waals surface area contributed by atoms with Gasteiger partial charge in [0.2, 0.25) is 0 Å². The lowest BCUT2D eigenvalue weighted by Gasteiger charge is -2.42. The molecule has 1 heterocycles. The van der Waals surface area contributed by atoms with E-state index in [0.29, 0.717) is 12.1 Å². The molecule has 1 unspecified atom stereocenters. The van der Waals surface area contributed by atoms with Gasteiger partial charge in [0.1, 0.15) is 0 Å². The van der Waals surface area contributed by atoms with Gasteiger partial charge in [-0.25, -0.2) is 0 Å². The zero-order chi connectivity index (χ0) is 12.3. The Balaban J connectivity index is 2.15. The Morgan fingerprint density at radius 3 is 2.65 bits per heavy atom. The van der Waals surface area contributed by atoms with Crippen LogP contribution in [0.4, 0.5) is 0 Å². The van der Waals surface area contributed by atoms with Crippen LogP contribution in [0.15, 0.2) is 24.3 Å². The van der Waals surface area contributed by atoms with E-state index >= 15 is 0 Å². The minimum Gasteiger partial charge on any atom is -0.314 e. The molecule has 0 spiro atoms. The van der Waals surface area contributed by atoms with E-state index in [4.69, 9.17) is 11.6 Å². The minimum atomic E-state index is 0.399. The average molecular weight is 253 g/mol. The van der Waals surface area contributed by atoms with Crippen LogP contribution in [0.2, 0.25) is 5.02 Å². The van der Waals surface area contributed by atoms with Crippen molar-refractivity contribution in [1.29, 1.82) is 0 Å². The van der Waals surface area contributed by atoms with Crippen LogP contribution in [-0.2, 0) is 0 Å². The molecule has 3 heteroatoms. The fourth-order valence-electron chi connectivity index (χ4n) is 2.45. The van der Waals surface area contributed by atoms with Gasteiger partial charge in [-0.1, -0.05) is 36.7 Å². The number of rotatable bonds is 5. The monoisotopic (exact) mass is 252 g/mol. The summed E-state index contributed by atoms with van der Waals surface area (Å²) in [6, 6.07) is 9.25. The molecule has 1 N–H and O–H groups in total. The van der Waals surface area contributed by atoms with Crippen LogP contribution in [-0.4, -0.2) is 30.6 Å². The van der Waals surface area contributed by atoms with Crippen molar-refractivity contribution in [3.8, 4) is 0 Å². The van der Waals surface area contributed by atoms with E-state index in [2.05, 4.69) is 36.2 Å². The topological polar surface area (TPSA) is 15.3 Å². The number of halogens is 1. The smallest absolute Gasteiger partial charge is 0.0453 e. The summed E-state index contributed by atoms with van der Waals surface area (Å²) < 4.78 is 0. The Morgan fingerprint density at radius 1 is 1.41 bits per heavy atom. The number of nitrogens with zero attached hydrogens (tertiary/aromatic N) is 1. The van der Waals surface area contributed by atoms with E-state index in [9.17, 15) is 0 Å². The predicted molar refractivity (Wildman–Crippen MR) is 73.5 cm³/mol. The van der Waals surface area contributed by atoms with Gasteiger partial charge in [-0.05, 0) is 31.5 Å². The first-order chi connectivity index (χ1) is 8.24. The Labute approximate surface area is 109 Å². The van der Waals surface area contributed by atoms with Gasteiger partial charge in [-0.3, -0.25) is 4.90 Å². The van der Waals surface area contributed by atoms with Gasteiger partial charge in [0.15, 0.2) is 0 Å². The highest BCUT2D eigenvalue weighted by Gasteiger charge is 2.28. The summed E-state index contributed by atoms with van der Waals surface area (Å²) in [5.74, 6) is 0. The van der Waals surface area contributed by atoms with Crippen molar-refractivity contribution in [2.75, 3.05) is 19.6 Å². The van der Waals surface area contributed by atoms with Crippen molar-refractivity contribution in [3.63, 3.8) is 0 Å². The normalized spacial score (nSPS) is 18.1. The van der Waals surface area contributed by atoms with Gasteiger partial charge in [0.05, 0.1) is 0 Å². The van der Waals surface area contributed by atoms with Crippen molar-refractivity contribution < 1.29 is 0 Å².